The van der Waals surface area contributed by atoms with E-state index >= 15 is 0 Å². The van der Waals surface area contributed by atoms with Crippen molar-refractivity contribution >= 4 is 5.91 Å². The molecule has 0 unspecified atom stereocenters. The summed E-state index contributed by atoms with van der Waals surface area (Å²) < 4.78 is 12.3. The van der Waals surface area contributed by atoms with Gasteiger partial charge < -0.3 is 20.1 Å². The summed E-state index contributed by atoms with van der Waals surface area (Å²) in [5.41, 5.74) is -0.404. The van der Waals surface area contributed by atoms with Crippen molar-refractivity contribution in [3.05, 3.63) is 0 Å². The first-order chi connectivity index (χ1) is 14.9. The van der Waals surface area contributed by atoms with E-state index in [9.17, 15) is 4.79 Å². The summed E-state index contributed by atoms with van der Waals surface area (Å²) in [5, 5.41) is 6.74. The zero-order valence-electron chi connectivity index (χ0n) is 25.4. The molecule has 0 rings (SSSR count). The minimum atomic E-state index is -0.216. The Balaban J connectivity index is 4.34. The lowest BCUT2D eigenvalue weighted by Crippen LogP contribution is -2.43. The molecule has 0 saturated heterocycles. The van der Waals surface area contributed by atoms with Gasteiger partial charge in [0.05, 0.1) is 23.4 Å². The van der Waals surface area contributed by atoms with E-state index in [1.54, 1.807) is 0 Å². The maximum absolute atomic E-state index is 12.6. The van der Waals surface area contributed by atoms with Crippen LogP contribution in [0.1, 0.15) is 129 Å². The second-order valence-electron chi connectivity index (χ2n) is 15.1. The summed E-state index contributed by atoms with van der Waals surface area (Å²) in [5.74, 6) is 0.143. The van der Waals surface area contributed by atoms with Crippen molar-refractivity contribution in [3.8, 4) is 0 Å². The molecule has 0 aliphatic heterocycles. The molecule has 0 aromatic rings. The van der Waals surface area contributed by atoms with E-state index in [-0.39, 0.29) is 39.1 Å². The quantitative estimate of drug-likeness (QED) is 0.249. The van der Waals surface area contributed by atoms with Crippen LogP contribution >= 0.6 is 0 Å². The second kappa shape index (κ2) is 12.5. The third-order valence-electron chi connectivity index (χ3n) is 5.75. The molecule has 0 heterocycles. The number of amides is 1. The average molecular weight is 485 g/mol. The van der Waals surface area contributed by atoms with Gasteiger partial charge in [-0.2, -0.15) is 0 Å². The summed E-state index contributed by atoms with van der Waals surface area (Å²) in [6.45, 7) is 32.6. The fourth-order valence-corrected chi connectivity index (χ4v) is 4.69. The Morgan fingerprint density at radius 3 is 1.79 bits per heavy atom. The van der Waals surface area contributed by atoms with Crippen LogP contribution in [-0.2, 0) is 14.3 Å². The molecule has 0 aliphatic carbocycles. The second-order valence-corrected chi connectivity index (χ2v) is 15.1. The minimum absolute atomic E-state index is 0.0442. The van der Waals surface area contributed by atoms with Crippen LogP contribution in [0, 0.1) is 10.8 Å². The van der Waals surface area contributed by atoms with E-state index in [1.807, 2.05) is 0 Å². The van der Waals surface area contributed by atoms with Crippen molar-refractivity contribution in [1.82, 2.24) is 10.6 Å². The fourth-order valence-electron chi connectivity index (χ4n) is 4.69. The molecule has 1 amide bonds. The van der Waals surface area contributed by atoms with E-state index in [0.717, 1.165) is 32.2 Å². The molecule has 0 fully saturated rings. The highest BCUT2D eigenvalue weighted by Gasteiger charge is 2.31. The van der Waals surface area contributed by atoms with E-state index in [0.29, 0.717) is 19.6 Å². The minimum Gasteiger partial charge on any atom is -0.375 e. The monoisotopic (exact) mass is 484 g/mol. The molecule has 2 N–H and O–H groups in total. The molecule has 0 aliphatic rings. The van der Waals surface area contributed by atoms with E-state index in [4.69, 9.17) is 9.47 Å². The van der Waals surface area contributed by atoms with E-state index in [1.165, 1.54) is 0 Å². The molecule has 0 saturated carbocycles. The summed E-state index contributed by atoms with van der Waals surface area (Å²) in [6.07, 6.45) is 4.20. The SMILES string of the molecule is CC(C)(CNC(C)(C)C)CC(C)(C)CC(=O)NCCCC(C)(C)OCCC(C)(C)OC(C)(C)C. The van der Waals surface area contributed by atoms with Gasteiger partial charge in [0.2, 0.25) is 5.91 Å². The van der Waals surface area contributed by atoms with Crippen molar-refractivity contribution in [1.29, 1.82) is 0 Å². The van der Waals surface area contributed by atoms with Crippen molar-refractivity contribution < 1.29 is 14.3 Å². The Labute approximate surface area is 212 Å². The van der Waals surface area contributed by atoms with Gasteiger partial charge in [0.25, 0.3) is 0 Å². The Morgan fingerprint density at radius 2 is 1.29 bits per heavy atom. The summed E-state index contributed by atoms with van der Waals surface area (Å²) >= 11 is 0. The van der Waals surface area contributed by atoms with Crippen molar-refractivity contribution in [2.45, 2.75) is 151 Å². The molecule has 0 radical (unpaired) electrons. The third kappa shape index (κ3) is 18.6. The molecule has 0 aromatic heterocycles. The molecule has 5 heteroatoms. The number of carbonyl (C=O) groups excluding carboxylic acids is 1. The van der Waals surface area contributed by atoms with Gasteiger partial charge in [-0.05, 0) is 106 Å². The number of hydrogen-bond donors (Lipinski definition) is 2. The van der Waals surface area contributed by atoms with Gasteiger partial charge in [-0.25, -0.2) is 0 Å². The highest BCUT2D eigenvalue weighted by molar-refractivity contribution is 5.76. The number of rotatable bonds is 15. The lowest BCUT2D eigenvalue weighted by Gasteiger charge is -2.37. The predicted octanol–water partition coefficient (Wildman–Crippen LogP) is 6.88. The number of hydrogen-bond acceptors (Lipinski definition) is 4. The van der Waals surface area contributed by atoms with Gasteiger partial charge in [0, 0.05) is 25.0 Å². The van der Waals surface area contributed by atoms with Gasteiger partial charge in [-0.15, -0.1) is 0 Å². The van der Waals surface area contributed by atoms with Crippen LogP contribution < -0.4 is 10.6 Å². The van der Waals surface area contributed by atoms with Crippen LogP contribution in [-0.4, -0.2) is 47.9 Å². The standard InChI is InChI=1S/C29H60N2O3/c1-24(2,3)31-22-27(9,10)21-26(7,8)20-23(32)30-18-15-16-28(11,12)33-19-17-29(13,14)34-25(4,5)6/h31H,15-22H2,1-14H3,(H,30,32). The van der Waals surface area contributed by atoms with Gasteiger partial charge in [0.1, 0.15) is 0 Å². The number of nitrogens with one attached hydrogen (secondary N) is 2. The maximum atomic E-state index is 12.6. The normalized spacial score (nSPS) is 14.4. The van der Waals surface area contributed by atoms with E-state index in [2.05, 4.69) is 108 Å². The zero-order valence-corrected chi connectivity index (χ0v) is 25.4. The topological polar surface area (TPSA) is 59.6 Å². The van der Waals surface area contributed by atoms with Gasteiger partial charge in [-0.1, -0.05) is 27.7 Å². The molecule has 0 spiro atoms. The average Bonchev–Trinajstić information content (AvgIpc) is 2.52. The first-order valence-electron chi connectivity index (χ1n) is 13.3. The third-order valence-corrected chi connectivity index (χ3v) is 5.75. The molecule has 34 heavy (non-hydrogen) atoms. The summed E-state index contributed by atoms with van der Waals surface area (Å²) in [4.78, 5) is 12.6. The number of carbonyl (C=O) groups is 1. The summed E-state index contributed by atoms with van der Waals surface area (Å²) in [6, 6.07) is 0. The van der Waals surface area contributed by atoms with Crippen LogP contribution in [0.2, 0.25) is 0 Å². The van der Waals surface area contributed by atoms with Crippen LogP contribution in [0.4, 0.5) is 0 Å². The van der Waals surface area contributed by atoms with Crippen molar-refractivity contribution in [2.24, 2.45) is 10.8 Å². The molecular weight excluding hydrogens is 424 g/mol. The molecular formula is C29H60N2O3. The predicted molar refractivity (Wildman–Crippen MR) is 146 cm³/mol. The molecule has 204 valence electrons. The number of ether oxygens (including phenoxy) is 2. The Morgan fingerprint density at radius 1 is 0.735 bits per heavy atom. The molecule has 5 nitrogen and oxygen atoms in total. The Bertz CT molecular complexity index is 608. The Hall–Kier alpha value is -0.650. The van der Waals surface area contributed by atoms with E-state index < -0.39 is 0 Å². The highest BCUT2D eigenvalue weighted by Crippen LogP contribution is 2.36. The van der Waals surface area contributed by atoms with Crippen molar-refractivity contribution in [2.75, 3.05) is 19.7 Å². The van der Waals surface area contributed by atoms with Gasteiger partial charge in [-0.3, -0.25) is 4.79 Å². The van der Waals surface area contributed by atoms with Crippen LogP contribution in [0.3, 0.4) is 0 Å². The van der Waals surface area contributed by atoms with Crippen molar-refractivity contribution in [3.63, 3.8) is 0 Å². The Kier molecular flexibility index (Phi) is 12.3. The molecule has 0 bridgehead atoms. The summed E-state index contributed by atoms with van der Waals surface area (Å²) in [7, 11) is 0. The zero-order chi connectivity index (χ0) is 27.1. The van der Waals surface area contributed by atoms with Gasteiger partial charge >= 0.3 is 0 Å². The fraction of sp³-hybridized carbons (Fsp3) is 0.966. The first kappa shape index (κ1) is 33.4. The highest BCUT2D eigenvalue weighted by atomic mass is 16.5. The van der Waals surface area contributed by atoms with Crippen LogP contribution in [0.5, 0.6) is 0 Å². The maximum Gasteiger partial charge on any atom is 0.220 e. The smallest absolute Gasteiger partial charge is 0.220 e. The molecule has 0 atom stereocenters. The lowest BCUT2D eigenvalue weighted by atomic mass is 9.73. The van der Waals surface area contributed by atoms with Gasteiger partial charge in [0.15, 0.2) is 0 Å². The molecule has 0 aromatic carbocycles. The van der Waals surface area contributed by atoms with Crippen LogP contribution in [0.25, 0.3) is 0 Å². The van der Waals surface area contributed by atoms with Crippen LogP contribution in [0.15, 0.2) is 0 Å². The first-order valence-corrected chi connectivity index (χ1v) is 13.3. The lowest BCUT2D eigenvalue weighted by molar-refractivity contribution is -0.132. The largest absolute Gasteiger partial charge is 0.375 e.